The van der Waals surface area contributed by atoms with Crippen LogP contribution in [0.5, 0.6) is 0 Å². The first-order valence-corrected chi connectivity index (χ1v) is 9.69. The Hall–Kier alpha value is -1.89. The molecule has 0 radical (unpaired) electrons. The summed E-state index contributed by atoms with van der Waals surface area (Å²) in [6, 6.07) is 0.0708. The van der Waals surface area contributed by atoms with Gasteiger partial charge in [0, 0.05) is 23.8 Å². The van der Waals surface area contributed by atoms with E-state index in [0.29, 0.717) is 12.2 Å². The summed E-state index contributed by atoms with van der Waals surface area (Å²) in [6.45, 7) is 3.78. The number of aryl methyl sites for hydroxylation is 1. The predicted molar refractivity (Wildman–Crippen MR) is 97.7 cm³/mol. The van der Waals surface area contributed by atoms with E-state index in [1.807, 2.05) is 0 Å². The largest absolute Gasteiger partial charge is 0.390 e. The van der Waals surface area contributed by atoms with Crippen LogP contribution in [0.4, 0.5) is 0 Å². The lowest BCUT2D eigenvalue weighted by molar-refractivity contribution is -0.126. The Morgan fingerprint density at radius 3 is 2.69 bits per heavy atom. The van der Waals surface area contributed by atoms with Crippen LogP contribution in [0.25, 0.3) is 0 Å². The Morgan fingerprint density at radius 2 is 2.00 bits per heavy atom. The van der Waals surface area contributed by atoms with Crippen LogP contribution >= 0.6 is 0 Å². The monoisotopic (exact) mass is 362 g/mol. The standard InChI is InChI=1S/C19H30N4O3/c1-19(2,26)10-16(24)21-14-9-8-12(14)11-20-18(25)17-13-6-4-3-5-7-15(13)22-23-17/h12,14,26H,3-11H2,1-2H3,(H,20,25)(H,21,24)(H,22,23)/t12-,14+/m0/s1. The zero-order chi connectivity index (χ0) is 18.7. The van der Waals surface area contributed by atoms with E-state index < -0.39 is 5.60 Å². The molecule has 3 rings (SSSR count). The molecular formula is C19H30N4O3. The quantitative estimate of drug-likeness (QED) is 0.575. The van der Waals surface area contributed by atoms with Crippen LogP contribution in [-0.2, 0) is 17.6 Å². The summed E-state index contributed by atoms with van der Waals surface area (Å²) in [7, 11) is 0. The SMILES string of the molecule is CC(C)(O)CC(=O)N[C@@H]1CC[C@H]1CNC(=O)c1n[nH]c2c1CCCCC2. The van der Waals surface area contributed by atoms with Crippen LogP contribution in [-0.4, -0.2) is 45.3 Å². The molecule has 144 valence electrons. The molecule has 2 aliphatic carbocycles. The molecule has 7 nitrogen and oxygen atoms in total. The van der Waals surface area contributed by atoms with Crippen LogP contribution < -0.4 is 10.6 Å². The average molecular weight is 362 g/mol. The number of nitrogens with one attached hydrogen (secondary N) is 3. The Kier molecular flexibility index (Phi) is 5.65. The molecule has 2 amide bonds. The molecule has 0 aromatic carbocycles. The van der Waals surface area contributed by atoms with E-state index >= 15 is 0 Å². The molecule has 7 heteroatoms. The third-order valence-corrected chi connectivity index (χ3v) is 5.40. The van der Waals surface area contributed by atoms with Gasteiger partial charge in [-0.25, -0.2) is 0 Å². The van der Waals surface area contributed by atoms with E-state index in [0.717, 1.165) is 49.8 Å². The Balaban J connectivity index is 1.49. The second-order valence-corrected chi connectivity index (χ2v) is 8.30. The second-order valence-electron chi connectivity index (χ2n) is 8.30. The van der Waals surface area contributed by atoms with Gasteiger partial charge in [-0.1, -0.05) is 6.42 Å². The molecule has 1 heterocycles. The van der Waals surface area contributed by atoms with Crippen molar-refractivity contribution in [3.63, 3.8) is 0 Å². The molecule has 2 aliphatic rings. The topological polar surface area (TPSA) is 107 Å². The summed E-state index contributed by atoms with van der Waals surface area (Å²) in [5, 5.41) is 22.9. The molecule has 0 bridgehead atoms. The molecule has 0 aliphatic heterocycles. The number of aliphatic hydroxyl groups is 1. The lowest BCUT2D eigenvalue weighted by Gasteiger charge is -2.37. The number of hydrogen-bond donors (Lipinski definition) is 4. The molecule has 2 atom stereocenters. The number of amides is 2. The highest BCUT2D eigenvalue weighted by atomic mass is 16.3. The number of carbonyl (C=O) groups excluding carboxylic acids is 2. The average Bonchev–Trinajstić information content (AvgIpc) is 2.79. The molecule has 0 spiro atoms. The first kappa shape index (κ1) is 18.9. The highest BCUT2D eigenvalue weighted by Crippen LogP contribution is 2.27. The number of nitrogens with zero attached hydrogens (tertiary/aromatic N) is 1. The summed E-state index contributed by atoms with van der Waals surface area (Å²) < 4.78 is 0. The van der Waals surface area contributed by atoms with E-state index in [2.05, 4.69) is 20.8 Å². The molecule has 0 unspecified atom stereocenters. The molecule has 0 saturated heterocycles. The van der Waals surface area contributed by atoms with Gasteiger partial charge in [-0.3, -0.25) is 14.7 Å². The van der Waals surface area contributed by atoms with Crippen LogP contribution in [0, 0.1) is 5.92 Å². The van der Waals surface area contributed by atoms with Crippen LogP contribution in [0.1, 0.15) is 74.1 Å². The van der Waals surface area contributed by atoms with E-state index in [-0.39, 0.29) is 30.2 Å². The van der Waals surface area contributed by atoms with E-state index in [1.54, 1.807) is 13.8 Å². The fourth-order valence-electron chi connectivity index (χ4n) is 3.81. The summed E-state index contributed by atoms with van der Waals surface area (Å²) in [6.07, 6.45) is 7.29. The third-order valence-electron chi connectivity index (χ3n) is 5.40. The van der Waals surface area contributed by atoms with Crippen molar-refractivity contribution in [2.75, 3.05) is 6.54 Å². The molecule has 1 fully saturated rings. The van der Waals surface area contributed by atoms with Crippen molar-refractivity contribution in [2.45, 2.75) is 76.9 Å². The second kappa shape index (κ2) is 7.78. The molecule has 4 N–H and O–H groups in total. The van der Waals surface area contributed by atoms with Crippen LogP contribution in [0.2, 0.25) is 0 Å². The van der Waals surface area contributed by atoms with E-state index in [1.165, 1.54) is 6.42 Å². The van der Waals surface area contributed by atoms with Gasteiger partial charge in [-0.05, 0) is 58.3 Å². The summed E-state index contributed by atoms with van der Waals surface area (Å²) in [5.41, 5.74) is 1.70. The Labute approximate surface area is 154 Å². The maximum absolute atomic E-state index is 12.5. The minimum absolute atomic E-state index is 0.0708. The fourth-order valence-corrected chi connectivity index (χ4v) is 3.81. The minimum atomic E-state index is -1.00. The number of carbonyl (C=O) groups is 2. The summed E-state index contributed by atoms with van der Waals surface area (Å²) in [4.78, 5) is 24.5. The number of aromatic nitrogens is 2. The van der Waals surface area contributed by atoms with Gasteiger partial charge < -0.3 is 15.7 Å². The van der Waals surface area contributed by atoms with Gasteiger partial charge in [0.15, 0.2) is 5.69 Å². The number of hydrogen-bond acceptors (Lipinski definition) is 4. The zero-order valence-electron chi connectivity index (χ0n) is 15.7. The van der Waals surface area contributed by atoms with Crippen molar-refractivity contribution in [2.24, 2.45) is 5.92 Å². The van der Waals surface area contributed by atoms with Gasteiger partial charge in [-0.15, -0.1) is 0 Å². The van der Waals surface area contributed by atoms with Gasteiger partial charge in [-0.2, -0.15) is 5.10 Å². The molecule has 1 saturated carbocycles. The first-order chi connectivity index (χ1) is 12.3. The summed E-state index contributed by atoms with van der Waals surface area (Å²) >= 11 is 0. The number of aromatic amines is 1. The molecular weight excluding hydrogens is 332 g/mol. The predicted octanol–water partition coefficient (Wildman–Crippen LogP) is 1.46. The Morgan fingerprint density at radius 1 is 1.23 bits per heavy atom. The van der Waals surface area contributed by atoms with Crippen LogP contribution in [0.15, 0.2) is 0 Å². The van der Waals surface area contributed by atoms with Gasteiger partial charge in [0.1, 0.15) is 0 Å². The molecule has 1 aromatic heterocycles. The van der Waals surface area contributed by atoms with Crippen LogP contribution in [0.3, 0.4) is 0 Å². The smallest absolute Gasteiger partial charge is 0.272 e. The minimum Gasteiger partial charge on any atom is -0.390 e. The Bertz CT molecular complexity index is 662. The lowest BCUT2D eigenvalue weighted by Crippen LogP contribution is -2.51. The van der Waals surface area contributed by atoms with Gasteiger partial charge in [0.25, 0.3) is 5.91 Å². The number of H-pyrrole nitrogens is 1. The third kappa shape index (κ3) is 4.63. The zero-order valence-corrected chi connectivity index (χ0v) is 15.7. The fraction of sp³-hybridized carbons (Fsp3) is 0.737. The van der Waals surface area contributed by atoms with Crippen molar-refractivity contribution < 1.29 is 14.7 Å². The van der Waals surface area contributed by atoms with Gasteiger partial charge in [0.05, 0.1) is 12.0 Å². The number of rotatable bonds is 6. The van der Waals surface area contributed by atoms with Crippen molar-refractivity contribution >= 4 is 11.8 Å². The van der Waals surface area contributed by atoms with Gasteiger partial charge in [0.2, 0.25) is 5.91 Å². The van der Waals surface area contributed by atoms with Crippen molar-refractivity contribution in [1.82, 2.24) is 20.8 Å². The maximum Gasteiger partial charge on any atom is 0.272 e. The first-order valence-electron chi connectivity index (χ1n) is 9.69. The van der Waals surface area contributed by atoms with E-state index in [9.17, 15) is 14.7 Å². The molecule has 26 heavy (non-hydrogen) atoms. The highest BCUT2D eigenvalue weighted by Gasteiger charge is 2.33. The molecule has 1 aromatic rings. The summed E-state index contributed by atoms with van der Waals surface area (Å²) in [5.74, 6) is -0.0312. The van der Waals surface area contributed by atoms with Gasteiger partial charge >= 0.3 is 0 Å². The maximum atomic E-state index is 12.5. The van der Waals surface area contributed by atoms with Crippen molar-refractivity contribution in [3.8, 4) is 0 Å². The van der Waals surface area contributed by atoms with E-state index in [4.69, 9.17) is 0 Å². The highest BCUT2D eigenvalue weighted by molar-refractivity contribution is 5.94. The van der Waals surface area contributed by atoms with Crippen molar-refractivity contribution in [1.29, 1.82) is 0 Å². The number of fused-ring (bicyclic) bond motifs is 1. The lowest BCUT2D eigenvalue weighted by atomic mass is 9.79. The van der Waals surface area contributed by atoms with Crippen molar-refractivity contribution in [3.05, 3.63) is 17.0 Å². The normalized spacial score (nSPS) is 22.7.